The summed E-state index contributed by atoms with van der Waals surface area (Å²) in [6, 6.07) is 8.88. The number of amides is 1. The fourth-order valence-corrected chi connectivity index (χ4v) is 9.62. The van der Waals surface area contributed by atoms with Crippen molar-refractivity contribution in [1.29, 1.82) is 0 Å². The Morgan fingerprint density at radius 2 is 1.93 bits per heavy atom. The molecule has 2 aromatic rings. The van der Waals surface area contributed by atoms with Gasteiger partial charge in [-0.2, -0.15) is 9.97 Å². The van der Waals surface area contributed by atoms with E-state index in [2.05, 4.69) is 52.6 Å². The van der Waals surface area contributed by atoms with Crippen molar-refractivity contribution in [2.75, 3.05) is 49.7 Å². The molecule has 0 saturated carbocycles. The lowest BCUT2D eigenvalue weighted by molar-refractivity contribution is -0.128. The molecule has 4 aliphatic heterocycles. The average molecular weight is 579 g/mol. The fourth-order valence-electron chi connectivity index (χ4n) is 7.64. The van der Waals surface area contributed by atoms with E-state index in [1.165, 1.54) is 17.2 Å². The number of likely N-dealkylation sites (tertiary alicyclic amines) is 1. The van der Waals surface area contributed by atoms with Gasteiger partial charge < -0.3 is 19.4 Å². The number of aryl methyl sites for hydroxylation is 1. The molecule has 3 unspecified atom stereocenters. The van der Waals surface area contributed by atoms with Gasteiger partial charge in [0.2, 0.25) is 5.91 Å². The molecule has 218 valence electrons. The number of carbonyl (C=O) groups excluding carboxylic acids is 1. The lowest BCUT2D eigenvalue weighted by atomic mass is 10.0. The first kappa shape index (κ1) is 26.9. The largest absolute Gasteiger partial charge is 0.462 e. The zero-order valence-corrected chi connectivity index (χ0v) is 24.4. The molecule has 0 N–H and O–H groups in total. The summed E-state index contributed by atoms with van der Waals surface area (Å²) in [4.78, 5) is 31.2. The van der Waals surface area contributed by atoms with Crippen LogP contribution in [-0.4, -0.2) is 102 Å². The van der Waals surface area contributed by atoms with Gasteiger partial charge in [0.25, 0.3) is 0 Å². The SMILES string of the molecule is C=CC(=O)N1CCN(c2nc(OC[C@@H]3CCCN3C)nc3c2CN(C2CCc4ccccc42)C3)C2CS(=O)(=O)CC21. The van der Waals surface area contributed by atoms with Crippen molar-refractivity contribution in [2.24, 2.45) is 0 Å². The van der Waals surface area contributed by atoms with E-state index in [1.807, 2.05) is 0 Å². The van der Waals surface area contributed by atoms with Gasteiger partial charge in [0.15, 0.2) is 9.84 Å². The molecule has 10 nitrogen and oxygen atoms in total. The number of rotatable bonds is 6. The zero-order valence-electron chi connectivity index (χ0n) is 23.6. The molecule has 41 heavy (non-hydrogen) atoms. The Morgan fingerprint density at radius 1 is 1.10 bits per heavy atom. The first-order valence-electron chi connectivity index (χ1n) is 14.8. The summed E-state index contributed by atoms with van der Waals surface area (Å²) in [5, 5.41) is 0. The molecule has 7 rings (SSSR count). The van der Waals surface area contributed by atoms with Crippen LogP contribution in [0.5, 0.6) is 6.01 Å². The minimum Gasteiger partial charge on any atom is -0.462 e. The van der Waals surface area contributed by atoms with Crippen LogP contribution in [0.2, 0.25) is 0 Å². The molecular formula is C30H38N6O4S. The van der Waals surface area contributed by atoms with Gasteiger partial charge in [0, 0.05) is 43.8 Å². The number of anilines is 1. The third-order valence-corrected chi connectivity index (χ3v) is 11.5. The molecule has 1 amide bonds. The van der Waals surface area contributed by atoms with E-state index >= 15 is 0 Å². The normalized spacial score (nSPS) is 28.9. The Hall–Kier alpha value is -3.02. The molecule has 1 aromatic carbocycles. The Bertz CT molecular complexity index is 1480. The van der Waals surface area contributed by atoms with E-state index in [4.69, 9.17) is 14.7 Å². The number of likely N-dealkylation sites (N-methyl/N-ethyl adjacent to an activating group) is 1. The number of aromatic nitrogens is 2. The summed E-state index contributed by atoms with van der Waals surface area (Å²) in [6.07, 6.45) is 5.66. The van der Waals surface area contributed by atoms with Crippen LogP contribution in [0.3, 0.4) is 0 Å². The van der Waals surface area contributed by atoms with Crippen LogP contribution in [-0.2, 0) is 34.1 Å². The van der Waals surface area contributed by atoms with Gasteiger partial charge in [-0.25, -0.2) is 8.42 Å². The van der Waals surface area contributed by atoms with Crippen LogP contribution >= 0.6 is 0 Å². The summed E-state index contributed by atoms with van der Waals surface area (Å²) in [6.45, 7) is 7.55. The molecule has 5 heterocycles. The standard InChI is InChI=1S/C30H38N6O4S/c1-3-28(37)35-13-14-36(27-19-41(38,39)18-26(27)35)29-23-15-34(25-11-10-20-7-4-5-9-22(20)25)16-24(23)31-30(32-29)40-17-21-8-6-12-33(21)2/h3-5,7,9,21,25-27H,1,6,8,10-19H2,2H3/t21-,25?,26?,27?/m0/s1. The van der Waals surface area contributed by atoms with Crippen molar-refractivity contribution >= 4 is 21.6 Å². The van der Waals surface area contributed by atoms with Crippen LogP contribution in [0.15, 0.2) is 36.9 Å². The third-order valence-electron chi connectivity index (χ3n) is 9.79. The number of hydrogen-bond acceptors (Lipinski definition) is 9. The molecule has 1 aromatic heterocycles. The zero-order chi connectivity index (χ0) is 28.3. The number of sulfone groups is 1. The van der Waals surface area contributed by atoms with Crippen molar-refractivity contribution < 1.29 is 17.9 Å². The summed E-state index contributed by atoms with van der Waals surface area (Å²) in [5.74, 6) is 0.501. The summed E-state index contributed by atoms with van der Waals surface area (Å²) < 4.78 is 32.0. The Morgan fingerprint density at radius 3 is 2.73 bits per heavy atom. The van der Waals surface area contributed by atoms with Crippen LogP contribution < -0.4 is 9.64 Å². The summed E-state index contributed by atoms with van der Waals surface area (Å²) >= 11 is 0. The molecule has 11 heteroatoms. The van der Waals surface area contributed by atoms with Crippen molar-refractivity contribution in [3.8, 4) is 6.01 Å². The van der Waals surface area contributed by atoms with Gasteiger partial charge in [0.1, 0.15) is 12.4 Å². The first-order chi connectivity index (χ1) is 19.8. The smallest absolute Gasteiger partial charge is 0.318 e. The monoisotopic (exact) mass is 578 g/mol. The van der Waals surface area contributed by atoms with Crippen molar-refractivity contribution in [3.63, 3.8) is 0 Å². The Labute approximate surface area is 241 Å². The van der Waals surface area contributed by atoms with E-state index in [0.717, 1.165) is 49.3 Å². The van der Waals surface area contributed by atoms with Gasteiger partial charge in [-0.1, -0.05) is 30.8 Å². The maximum Gasteiger partial charge on any atom is 0.318 e. The maximum absolute atomic E-state index is 12.9. The van der Waals surface area contributed by atoms with Crippen LogP contribution in [0.4, 0.5) is 5.82 Å². The van der Waals surface area contributed by atoms with E-state index < -0.39 is 15.9 Å². The second-order valence-electron chi connectivity index (χ2n) is 12.1. The molecule has 4 atom stereocenters. The highest BCUT2D eigenvalue weighted by molar-refractivity contribution is 7.91. The third kappa shape index (κ3) is 4.81. The van der Waals surface area contributed by atoms with Crippen molar-refractivity contribution in [2.45, 2.75) is 62.9 Å². The lowest BCUT2D eigenvalue weighted by Crippen LogP contribution is -2.61. The van der Waals surface area contributed by atoms with Crippen molar-refractivity contribution in [3.05, 3.63) is 59.3 Å². The number of fused-ring (bicyclic) bond motifs is 3. The summed E-state index contributed by atoms with van der Waals surface area (Å²) in [7, 11) is -1.19. The molecular weight excluding hydrogens is 540 g/mol. The van der Waals surface area contributed by atoms with Gasteiger partial charge in [-0.15, -0.1) is 0 Å². The van der Waals surface area contributed by atoms with Gasteiger partial charge in [0.05, 0.1) is 29.3 Å². The molecule has 0 spiro atoms. The fraction of sp³-hybridized carbons (Fsp3) is 0.567. The van der Waals surface area contributed by atoms with Crippen LogP contribution in [0.25, 0.3) is 0 Å². The Balaban J connectivity index is 1.23. The minimum absolute atomic E-state index is 0.000139. The average Bonchev–Trinajstić information content (AvgIpc) is 3.74. The van der Waals surface area contributed by atoms with Crippen molar-refractivity contribution in [1.82, 2.24) is 24.7 Å². The summed E-state index contributed by atoms with van der Waals surface area (Å²) in [5.41, 5.74) is 4.79. The molecule has 3 fully saturated rings. The van der Waals surface area contributed by atoms with E-state index in [1.54, 1.807) is 4.90 Å². The van der Waals surface area contributed by atoms with Crippen LogP contribution in [0, 0.1) is 0 Å². The lowest BCUT2D eigenvalue weighted by Gasteiger charge is -2.44. The molecule has 3 saturated heterocycles. The number of piperazine rings is 1. The van der Waals surface area contributed by atoms with Gasteiger partial charge >= 0.3 is 6.01 Å². The predicted molar refractivity (Wildman–Crippen MR) is 155 cm³/mol. The van der Waals surface area contributed by atoms with E-state index in [0.29, 0.717) is 50.9 Å². The Kier molecular flexibility index (Phi) is 6.78. The highest BCUT2D eigenvalue weighted by Crippen LogP contribution is 2.43. The highest BCUT2D eigenvalue weighted by atomic mass is 32.2. The van der Waals surface area contributed by atoms with Gasteiger partial charge in [-0.05, 0) is 56.5 Å². The quantitative estimate of drug-likeness (QED) is 0.477. The predicted octanol–water partition coefficient (Wildman–Crippen LogP) is 1.95. The molecule has 5 aliphatic rings. The maximum atomic E-state index is 12.9. The van der Waals surface area contributed by atoms with E-state index in [9.17, 15) is 13.2 Å². The van der Waals surface area contributed by atoms with Crippen LogP contribution in [0.1, 0.15) is 47.7 Å². The second kappa shape index (κ2) is 10.4. The minimum atomic E-state index is -3.31. The number of nitrogens with zero attached hydrogens (tertiary/aromatic N) is 6. The highest BCUT2D eigenvalue weighted by Gasteiger charge is 2.49. The van der Waals surface area contributed by atoms with Gasteiger partial charge in [-0.3, -0.25) is 9.69 Å². The molecule has 0 radical (unpaired) electrons. The number of ether oxygens (including phenoxy) is 1. The molecule has 1 aliphatic carbocycles. The van der Waals surface area contributed by atoms with E-state index in [-0.39, 0.29) is 23.5 Å². The number of hydrogen-bond donors (Lipinski definition) is 0. The number of carbonyl (C=O) groups is 1. The second-order valence-corrected chi connectivity index (χ2v) is 14.3. The topological polar surface area (TPSA) is 99.2 Å². The molecule has 0 bridgehead atoms. The number of benzene rings is 1. The first-order valence-corrected chi connectivity index (χ1v) is 16.6.